The van der Waals surface area contributed by atoms with Crippen LogP contribution in [0, 0.1) is 5.82 Å². The minimum Gasteiger partial charge on any atom is -0.307 e. The molecule has 0 saturated heterocycles. The number of halogens is 1. The topological polar surface area (TPSA) is 37.8 Å². The van der Waals surface area contributed by atoms with E-state index >= 15 is 0 Å². The summed E-state index contributed by atoms with van der Waals surface area (Å²) in [5, 5.41) is 4.12. The van der Waals surface area contributed by atoms with Crippen molar-refractivity contribution in [3.8, 4) is 10.7 Å². The average molecular weight is 307 g/mol. The van der Waals surface area contributed by atoms with Gasteiger partial charge in [0, 0.05) is 23.2 Å². The smallest absolute Gasteiger partial charge is 0.151 e. The highest BCUT2D eigenvalue weighted by molar-refractivity contribution is 7.15. The predicted octanol–water partition coefficient (Wildman–Crippen LogP) is 4.36. The van der Waals surface area contributed by atoms with Crippen LogP contribution in [0.25, 0.3) is 10.7 Å². The van der Waals surface area contributed by atoms with Gasteiger partial charge in [-0.25, -0.2) is 9.37 Å². The van der Waals surface area contributed by atoms with Crippen LogP contribution in [-0.2, 0) is 6.54 Å². The van der Waals surface area contributed by atoms with Crippen LogP contribution in [0.15, 0.2) is 18.3 Å². The van der Waals surface area contributed by atoms with E-state index in [0.717, 1.165) is 17.1 Å². The molecule has 0 bridgehead atoms. The van der Waals surface area contributed by atoms with Gasteiger partial charge in [0.05, 0.1) is 5.69 Å². The molecule has 0 atom stereocenters. The van der Waals surface area contributed by atoms with E-state index in [1.165, 1.54) is 17.4 Å². The lowest BCUT2D eigenvalue weighted by Crippen LogP contribution is -2.35. The lowest BCUT2D eigenvalue weighted by Gasteiger charge is -2.20. The van der Waals surface area contributed by atoms with Gasteiger partial charge in [0.1, 0.15) is 10.7 Å². The molecule has 0 fully saturated rings. The maximum Gasteiger partial charge on any atom is 0.151 e. The predicted molar refractivity (Wildman–Crippen MR) is 86.0 cm³/mol. The summed E-state index contributed by atoms with van der Waals surface area (Å²) < 4.78 is 13.9. The fraction of sp³-hybridized carbons (Fsp3) is 0.500. The first-order valence-corrected chi connectivity index (χ1v) is 7.95. The van der Waals surface area contributed by atoms with Crippen LogP contribution in [0.1, 0.15) is 51.1 Å². The number of aromatic nitrogens is 2. The minimum atomic E-state index is -0.322. The molecule has 2 aromatic heterocycles. The summed E-state index contributed by atoms with van der Waals surface area (Å²) in [6.45, 7) is 11.3. The van der Waals surface area contributed by atoms with Gasteiger partial charge in [0.25, 0.3) is 0 Å². The van der Waals surface area contributed by atoms with E-state index in [1.54, 1.807) is 12.3 Å². The molecule has 0 aliphatic heterocycles. The molecule has 0 aromatic carbocycles. The number of thiazole rings is 1. The second kappa shape index (κ2) is 6.20. The van der Waals surface area contributed by atoms with Crippen LogP contribution in [0.3, 0.4) is 0 Å². The molecule has 5 heteroatoms. The summed E-state index contributed by atoms with van der Waals surface area (Å²) in [6, 6.07) is 3.02. The van der Waals surface area contributed by atoms with Crippen molar-refractivity contribution in [2.75, 3.05) is 0 Å². The van der Waals surface area contributed by atoms with Gasteiger partial charge in [-0.05, 0) is 38.8 Å². The Morgan fingerprint density at radius 2 is 2.05 bits per heavy atom. The van der Waals surface area contributed by atoms with Crippen molar-refractivity contribution in [1.29, 1.82) is 0 Å². The highest BCUT2D eigenvalue weighted by atomic mass is 32.1. The van der Waals surface area contributed by atoms with Crippen LogP contribution in [0.4, 0.5) is 4.39 Å². The summed E-state index contributed by atoms with van der Waals surface area (Å²) in [5.74, 6) is -0.0181. The van der Waals surface area contributed by atoms with Crippen molar-refractivity contribution in [2.24, 2.45) is 0 Å². The fourth-order valence-electron chi connectivity index (χ4n) is 1.93. The van der Waals surface area contributed by atoms with E-state index in [1.807, 2.05) is 0 Å². The third-order valence-corrected chi connectivity index (χ3v) is 4.09. The van der Waals surface area contributed by atoms with Crippen LogP contribution >= 0.6 is 11.3 Å². The molecule has 21 heavy (non-hydrogen) atoms. The van der Waals surface area contributed by atoms with E-state index in [4.69, 9.17) is 0 Å². The molecule has 2 rings (SSSR count). The van der Waals surface area contributed by atoms with Crippen molar-refractivity contribution in [3.05, 3.63) is 34.7 Å². The maximum atomic E-state index is 13.9. The molecule has 0 radical (unpaired) electrons. The van der Waals surface area contributed by atoms with Crippen molar-refractivity contribution in [2.45, 2.75) is 52.6 Å². The second-order valence-electron chi connectivity index (χ2n) is 6.42. The van der Waals surface area contributed by atoms with Crippen molar-refractivity contribution in [3.63, 3.8) is 0 Å². The Kier molecular flexibility index (Phi) is 4.74. The lowest BCUT2D eigenvalue weighted by molar-refractivity contribution is 0.425. The first kappa shape index (κ1) is 16.0. The van der Waals surface area contributed by atoms with E-state index in [2.05, 4.69) is 49.9 Å². The summed E-state index contributed by atoms with van der Waals surface area (Å²) in [6.07, 6.45) is 1.60. The van der Waals surface area contributed by atoms with Crippen LogP contribution in [0.2, 0.25) is 0 Å². The summed E-state index contributed by atoms with van der Waals surface area (Å²) in [7, 11) is 0. The van der Waals surface area contributed by atoms with Gasteiger partial charge < -0.3 is 5.32 Å². The molecule has 0 aliphatic carbocycles. The molecule has 1 N–H and O–H groups in total. The zero-order valence-corrected chi connectivity index (χ0v) is 14.0. The first-order chi connectivity index (χ1) is 9.78. The zero-order valence-electron chi connectivity index (χ0n) is 13.2. The van der Waals surface area contributed by atoms with Gasteiger partial charge in [-0.1, -0.05) is 13.8 Å². The van der Waals surface area contributed by atoms with Gasteiger partial charge in [-0.2, -0.15) is 0 Å². The molecule has 3 nitrogen and oxygen atoms in total. The molecule has 0 spiro atoms. The highest BCUT2D eigenvalue weighted by Gasteiger charge is 2.19. The molecule has 0 amide bonds. The van der Waals surface area contributed by atoms with E-state index < -0.39 is 0 Å². The third kappa shape index (κ3) is 4.08. The van der Waals surface area contributed by atoms with E-state index in [-0.39, 0.29) is 11.4 Å². The minimum absolute atomic E-state index is 0.0364. The third-order valence-electron chi connectivity index (χ3n) is 3.01. The van der Waals surface area contributed by atoms with Gasteiger partial charge in [0.2, 0.25) is 0 Å². The number of nitrogens with one attached hydrogen (secondary N) is 1. The Morgan fingerprint density at radius 1 is 1.33 bits per heavy atom. The zero-order chi connectivity index (χ0) is 15.6. The Morgan fingerprint density at radius 3 is 2.62 bits per heavy atom. The molecular weight excluding hydrogens is 285 g/mol. The highest BCUT2D eigenvalue weighted by Crippen LogP contribution is 2.32. The van der Waals surface area contributed by atoms with Crippen molar-refractivity contribution >= 4 is 11.3 Å². The molecular formula is C16H22FN3S. The SMILES string of the molecule is CC(C)c1nc(-c2ncccc2F)sc1CNC(C)(C)C. The van der Waals surface area contributed by atoms with Gasteiger partial charge in [-0.3, -0.25) is 4.98 Å². The summed E-state index contributed by atoms with van der Waals surface area (Å²) in [4.78, 5) is 9.89. The molecule has 0 aliphatic rings. The Bertz CT molecular complexity index is 614. The number of nitrogens with zero attached hydrogens (tertiary/aromatic N) is 2. The summed E-state index contributed by atoms with van der Waals surface area (Å²) in [5.41, 5.74) is 1.40. The Hall–Kier alpha value is -1.33. The largest absolute Gasteiger partial charge is 0.307 e. The van der Waals surface area contributed by atoms with Crippen LogP contribution in [0.5, 0.6) is 0 Å². The molecule has 2 heterocycles. The quantitative estimate of drug-likeness (QED) is 0.912. The molecule has 0 saturated carbocycles. The Labute approximate surface area is 129 Å². The molecule has 114 valence electrons. The second-order valence-corrected chi connectivity index (χ2v) is 7.50. The maximum absolute atomic E-state index is 13.9. The monoisotopic (exact) mass is 307 g/mol. The number of rotatable bonds is 4. The first-order valence-electron chi connectivity index (χ1n) is 7.13. The fourth-order valence-corrected chi connectivity index (χ4v) is 3.09. The van der Waals surface area contributed by atoms with E-state index in [9.17, 15) is 4.39 Å². The van der Waals surface area contributed by atoms with Gasteiger partial charge in [0.15, 0.2) is 5.82 Å². The number of hydrogen-bond acceptors (Lipinski definition) is 4. The van der Waals surface area contributed by atoms with Gasteiger partial charge >= 0.3 is 0 Å². The number of pyridine rings is 1. The van der Waals surface area contributed by atoms with Gasteiger partial charge in [-0.15, -0.1) is 11.3 Å². The average Bonchev–Trinajstić information content (AvgIpc) is 2.80. The molecule has 0 unspecified atom stereocenters. The van der Waals surface area contributed by atoms with Crippen molar-refractivity contribution in [1.82, 2.24) is 15.3 Å². The lowest BCUT2D eigenvalue weighted by atomic mass is 10.1. The van der Waals surface area contributed by atoms with Crippen LogP contribution in [-0.4, -0.2) is 15.5 Å². The van der Waals surface area contributed by atoms with Crippen molar-refractivity contribution < 1.29 is 4.39 Å². The number of hydrogen-bond donors (Lipinski definition) is 1. The Balaban J connectivity index is 2.36. The normalized spacial score (nSPS) is 12.1. The van der Waals surface area contributed by atoms with Crippen LogP contribution < -0.4 is 5.32 Å². The summed E-state index contributed by atoms with van der Waals surface area (Å²) >= 11 is 1.52. The molecule has 2 aromatic rings. The van der Waals surface area contributed by atoms with E-state index in [0.29, 0.717) is 16.6 Å². The standard InChI is InChI=1S/C16H22FN3S/c1-10(2)13-12(9-19-16(3,4)5)21-15(20-13)14-11(17)7-6-8-18-14/h6-8,10,19H,9H2,1-5H3.